The lowest BCUT2D eigenvalue weighted by Gasteiger charge is -2.20. The Morgan fingerprint density at radius 2 is 1.76 bits per heavy atom. The van der Waals surface area contributed by atoms with Crippen molar-refractivity contribution in [3.05, 3.63) is 87.8 Å². The molecule has 1 amide bonds. The zero-order chi connectivity index (χ0) is 23.5. The minimum atomic E-state index is -0.317. The van der Waals surface area contributed by atoms with Crippen molar-refractivity contribution in [1.29, 1.82) is 0 Å². The fourth-order valence-corrected chi connectivity index (χ4v) is 4.77. The summed E-state index contributed by atoms with van der Waals surface area (Å²) in [6.07, 6.45) is 1.79. The standard InChI is InChI=1S/C25H23FN2O3S2/c1-4-30-22-13-18(11-12-21(22)31-15-19-7-5-6-8-20(19)26)14-23-24(29)28(25(32)33-23)27-16(2)9-10-17(27)3/h5-14H,4,15H2,1-3H3/b23-14+. The van der Waals surface area contributed by atoms with Crippen LogP contribution in [0.2, 0.25) is 0 Å². The van der Waals surface area contributed by atoms with Crippen molar-refractivity contribution < 1.29 is 18.7 Å². The molecule has 1 saturated heterocycles. The van der Waals surface area contributed by atoms with Gasteiger partial charge in [0.15, 0.2) is 15.8 Å². The van der Waals surface area contributed by atoms with E-state index in [0.717, 1.165) is 17.0 Å². The summed E-state index contributed by atoms with van der Waals surface area (Å²) >= 11 is 6.75. The second kappa shape index (κ2) is 9.80. The zero-order valence-corrected chi connectivity index (χ0v) is 20.1. The molecule has 33 heavy (non-hydrogen) atoms. The Labute approximate surface area is 201 Å². The summed E-state index contributed by atoms with van der Waals surface area (Å²) in [5, 5.41) is 1.52. The summed E-state index contributed by atoms with van der Waals surface area (Å²) in [7, 11) is 0. The number of thiocarbonyl (C=S) groups is 1. The molecule has 1 aromatic heterocycles. The third-order valence-electron chi connectivity index (χ3n) is 5.11. The van der Waals surface area contributed by atoms with Crippen LogP contribution in [0.5, 0.6) is 11.5 Å². The zero-order valence-electron chi connectivity index (χ0n) is 18.5. The van der Waals surface area contributed by atoms with Crippen molar-refractivity contribution in [1.82, 2.24) is 4.68 Å². The monoisotopic (exact) mass is 482 g/mol. The van der Waals surface area contributed by atoms with Gasteiger partial charge in [-0.1, -0.05) is 36.0 Å². The molecule has 3 aromatic rings. The van der Waals surface area contributed by atoms with Crippen LogP contribution in [0.3, 0.4) is 0 Å². The molecule has 0 spiro atoms. The topological polar surface area (TPSA) is 43.7 Å². The van der Waals surface area contributed by atoms with Gasteiger partial charge in [-0.05, 0) is 75.0 Å². The van der Waals surface area contributed by atoms with Crippen LogP contribution in [0.1, 0.15) is 29.4 Å². The minimum Gasteiger partial charge on any atom is -0.490 e. The van der Waals surface area contributed by atoms with Gasteiger partial charge in [0.2, 0.25) is 0 Å². The first kappa shape index (κ1) is 23.1. The van der Waals surface area contributed by atoms with Crippen LogP contribution >= 0.6 is 24.0 Å². The van der Waals surface area contributed by atoms with Crippen molar-refractivity contribution in [2.45, 2.75) is 27.4 Å². The van der Waals surface area contributed by atoms with Crippen LogP contribution in [-0.4, -0.2) is 21.5 Å². The third-order valence-corrected chi connectivity index (χ3v) is 6.40. The number of thioether (sulfide) groups is 1. The van der Waals surface area contributed by atoms with E-state index in [2.05, 4.69) is 0 Å². The molecule has 0 saturated carbocycles. The van der Waals surface area contributed by atoms with Crippen LogP contribution in [0.4, 0.5) is 4.39 Å². The lowest BCUT2D eigenvalue weighted by molar-refractivity contribution is -0.114. The second-order valence-electron chi connectivity index (χ2n) is 7.44. The highest BCUT2D eigenvalue weighted by Gasteiger charge is 2.34. The number of hydrogen-bond acceptors (Lipinski definition) is 5. The van der Waals surface area contributed by atoms with E-state index in [9.17, 15) is 9.18 Å². The average Bonchev–Trinajstić information content (AvgIpc) is 3.25. The number of carbonyl (C=O) groups is 1. The van der Waals surface area contributed by atoms with Gasteiger partial charge in [-0.2, -0.15) is 5.01 Å². The van der Waals surface area contributed by atoms with Gasteiger partial charge in [0.25, 0.3) is 5.91 Å². The van der Waals surface area contributed by atoms with Gasteiger partial charge < -0.3 is 9.47 Å². The van der Waals surface area contributed by atoms with Gasteiger partial charge in [0, 0.05) is 17.0 Å². The number of aryl methyl sites for hydroxylation is 2. The van der Waals surface area contributed by atoms with Crippen molar-refractivity contribution in [3.8, 4) is 11.5 Å². The Morgan fingerprint density at radius 1 is 1.03 bits per heavy atom. The van der Waals surface area contributed by atoms with Crippen LogP contribution in [0.15, 0.2) is 59.5 Å². The molecule has 0 radical (unpaired) electrons. The van der Waals surface area contributed by atoms with E-state index in [1.54, 1.807) is 36.4 Å². The number of rotatable bonds is 7. The van der Waals surface area contributed by atoms with E-state index >= 15 is 0 Å². The van der Waals surface area contributed by atoms with Crippen molar-refractivity contribution in [2.24, 2.45) is 0 Å². The second-order valence-corrected chi connectivity index (χ2v) is 9.12. The maximum absolute atomic E-state index is 13.9. The fourth-order valence-electron chi connectivity index (χ4n) is 3.53. The maximum Gasteiger partial charge on any atom is 0.285 e. The van der Waals surface area contributed by atoms with E-state index in [0.29, 0.717) is 32.9 Å². The van der Waals surface area contributed by atoms with Crippen molar-refractivity contribution in [3.63, 3.8) is 0 Å². The lowest BCUT2D eigenvalue weighted by atomic mass is 10.1. The van der Waals surface area contributed by atoms with Crippen molar-refractivity contribution >= 4 is 40.3 Å². The Balaban J connectivity index is 1.58. The molecule has 4 rings (SSSR count). The number of aromatic nitrogens is 1. The molecule has 1 aliphatic rings. The van der Waals surface area contributed by atoms with Crippen LogP contribution in [-0.2, 0) is 11.4 Å². The lowest BCUT2D eigenvalue weighted by Crippen LogP contribution is -2.39. The van der Waals surface area contributed by atoms with Crippen molar-refractivity contribution in [2.75, 3.05) is 11.6 Å². The number of carbonyl (C=O) groups excluding carboxylic acids is 1. The highest BCUT2D eigenvalue weighted by atomic mass is 32.2. The Kier molecular flexibility index (Phi) is 6.85. The first-order chi connectivity index (χ1) is 15.9. The molecule has 2 heterocycles. The molecule has 0 bridgehead atoms. The maximum atomic E-state index is 13.9. The van der Waals surface area contributed by atoms with E-state index in [4.69, 9.17) is 21.7 Å². The first-order valence-electron chi connectivity index (χ1n) is 10.4. The van der Waals surface area contributed by atoms with Gasteiger partial charge in [-0.15, -0.1) is 0 Å². The summed E-state index contributed by atoms with van der Waals surface area (Å²) < 4.78 is 27.8. The average molecular weight is 483 g/mol. The van der Waals surface area contributed by atoms with E-state index in [1.165, 1.54) is 22.8 Å². The Bertz CT molecular complexity index is 1230. The number of halogens is 1. The number of benzene rings is 2. The SMILES string of the molecule is CCOc1cc(/C=C2/SC(=S)N(n3c(C)ccc3C)C2=O)ccc1OCc1ccccc1F. The molecule has 5 nitrogen and oxygen atoms in total. The van der Waals surface area contributed by atoms with Crippen LogP contribution in [0, 0.1) is 19.7 Å². The van der Waals surface area contributed by atoms with Crippen LogP contribution in [0.25, 0.3) is 6.08 Å². The molecule has 1 aliphatic heterocycles. The van der Waals surface area contributed by atoms with E-state index < -0.39 is 0 Å². The number of hydrogen-bond donors (Lipinski definition) is 0. The summed E-state index contributed by atoms with van der Waals surface area (Å²) in [6.45, 7) is 6.27. The van der Waals surface area contributed by atoms with E-state index in [-0.39, 0.29) is 18.3 Å². The molecule has 0 atom stereocenters. The van der Waals surface area contributed by atoms with E-state index in [1.807, 2.05) is 43.6 Å². The smallest absolute Gasteiger partial charge is 0.285 e. The summed E-state index contributed by atoms with van der Waals surface area (Å²) in [5.74, 6) is 0.533. The highest BCUT2D eigenvalue weighted by molar-refractivity contribution is 8.27. The predicted octanol–water partition coefficient (Wildman–Crippen LogP) is 5.76. The van der Waals surface area contributed by atoms with Gasteiger partial charge in [0.1, 0.15) is 12.4 Å². The quantitative estimate of drug-likeness (QED) is 0.317. The number of amides is 1. The Hall–Kier alpha value is -3.10. The molecule has 8 heteroatoms. The molecule has 1 fully saturated rings. The molecular weight excluding hydrogens is 459 g/mol. The Morgan fingerprint density at radius 3 is 2.45 bits per heavy atom. The van der Waals surface area contributed by atoms with Gasteiger partial charge in [0.05, 0.1) is 11.5 Å². The van der Waals surface area contributed by atoms with Gasteiger partial charge in [-0.3, -0.25) is 9.47 Å². The summed E-state index contributed by atoms with van der Waals surface area (Å²) in [6, 6.07) is 15.8. The van der Waals surface area contributed by atoms with Gasteiger partial charge >= 0.3 is 0 Å². The highest BCUT2D eigenvalue weighted by Crippen LogP contribution is 2.35. The van der Waals surface area contributed by atoms with Gasteiger partial charge in [-0.25, -0.2) is 4.39 Å². The molecule has 0 aliphatic carbocycles. The summed E-state index contributed by atoms with van der Waals surface area (Å²) in [5.41, 5.74) is 3.10. The molecule has 0 unspecified atom stereocenters. The number of ether oxygens (including phenoxy) is 2. The molecule has 170 valence electrons. The molecular formula is C25H23FN2O3S2. The minimum absolute atomic E-state index is 0.0837. The van der Waals surface area contributed by atoms with Crippen LogP contribution < -0.4 is 14.5 Å². The largest absolute Gasteiger partial charge is 0.490 e. The normalized spacial score (nSPS) is 14.9. The first-order valence-corrected chi connectivity index (χ1v) is 11.7. The predicted molar refractivity (Wildman–Crippen MR) is 134 cm³/mol. The number of nitrogens with zero attached hydrogens (tertiary/aromatic N) is 2. The fraction of sp³-hybridized carbons (Fsp3) is 0.200. The molecule has 2 aromatic carbocycles. The third kappa shape index (κ3) is 4.82. The summed E-state index contributed by atoms with van der Waals surface area (Å²) in [4.78, 5) is 13.7. The molecule has 0 N–H and O–H groups in total.